The van der Waals surface area contributed by atoms with Gasteiger partial charge in [0.05, 0.1) is 6.04 Å². The molecular weight excluding hydrogens is 198 g/mol. The Labute approximate surface area is 89.2 Å². The lowest BCUT2D eigenvalue weighted by Gasteiger charge is -2.19. The summed E-state index contributed by atoms with van der Waals surface area (Å²) in [7, 11) is 1.43. The Hall–Kier alpha value is -1.14. The van der Waals surface area contributed by atoms with Crippen molar-refractivity contribution in [2.45, 2.75) is 25.3 Å². The number of nitrogens with zero attached hydrogens (tertiary/aromatic N) is 1. The molecule has 0 aliphatic carbocycles. The number of likely N-dealkylation sites (N-methyl/N-ethyl adjacent to an activating group) is 1. The average molecular weight is 217 g/mol. The van der Waals surface area contributed by atoms with Crippen LogP contribution in [0.1, 0.15) is 19.3 Å². The predicted octanol–water partition coefficient (Wildman–Crippen LogP) is -1.01. The molecule has 6 nitrogen and oxygen atoms in total. The first-order chi connectivity index (χ1) is 6.99. The van der Waals surface area contributed by atoms with E-state index in [0.29, 0.717) is 13.0 Å². The molecule has 1 unspecified atom stereocenters. The highest BCUT2D eigenvalue weighted by molar-refractivity contribution is 5.84. The van der Waals surface area contributed by atoms with Gasteiger partial charge in [-0.15, -0.1) is 0 Å². The third kappa shape index (κ3) is 6.03. The van der Waals surface area contributed by atoms with E-state index in [1.807, 2.05) is 0 Å². The second-order valence-corrected chi connectivity index (χ2v) is 3.48. The van der Waals surface area contributed by atoms with Gasteiger partial charge in [-0.05, 0) is 19.4 Å². The van der Waals surface area contributed by atoms with Gasteiger partial charge >= 0.3 is 5.97 Å². The Morgan fingerprint density at radius 1 is 1.40 bits per heavy atom. The molecule has 0 rings (SSSR count). The highest BCUT2D eigenvalue weighted by atomic mass is 16.4. The second-order valence-electron chi connectivity index (χ2n) is 3.48. The van der Waals surface area contributed by atoms with Gasteiger partial charge in [-0.25, -0.2) is 0 Å². The molecule has 0 aromatic heterocycles. The van der Waals surface area contributed by atoms with Crippen LogP contribution in [0, 0.1) is 0 Å². The first kappa shape index (κ1) is 13.9. The number of unbranched alkanes of at least 4 members (excludes halogenated alkanes) is 1. The molecule has 0 aromatic carbocycles. The summed E-state index contributed by atoms with van der Waals surface area (Å²) >= 11 is 0. The van der Waals surface area contributed by atoms with Crippen LogP contribution in [0.2, 0.25) is 0 Å². The van der Waals surface area contributed by atoms with Gasteiger partial charge < -0.3 is 21.5 Å². The zero-order valence-corrected chi connectivity index (χ0v) is 8.98. The topological polar surface area (TPSA) is 110 Å². The number of carboxylic acid groups (broad SMARTS) is 1. The van der Waals surface area contributed by atoms with E-state index in [2.05, 4.69) is 0 Å². The van der Waals surface area contributed by atoms with Crippen molar-refractivity contribution < 1.29 is 14.7 Å². The Balaban J connectivity index is 3.90. The number of aliphatic carboxylic acids is 1. The number of nitrogens with two attached hydrogens (primary N) is 2. The SMILES string of the molecule is CN(CC(=O)O)C(=O)C(N)CCCCN. The van der Waals surface area contributed by atoms with Crippen molar-refractivity contribution >= 4 is 11.9 Å². The van der Waals surface area contributed by atoms with Crippen LogP contribution in [0.5, 0.6) is 0 Å². The number of amides is 1. The minimum absolute atomic E-state index is 0.316. The lowest BCUT2D eigenvalue weighted by Crippen LogP contribution is -2.43. The number of carbonyl (C=O) groups is 2. The molecule has 0 fully saturated rings. The van der Waals surface area contributed by atoms with E-state index >= 15 is 0 Å². The van der Waals surface area contributed by atoms with Gasteiger partial charge in [0, 0.05) is 7.05 Å². The monoisotopic (exact) mass is 217 g/mol. The van der Waals surface area contributed by atoms with Gasteiger partial charge in [0.25, 0.3) is 0 Å². The number of hydrogen-bond acceptors (Lipinski definition) is 4. The lowest BCUT2D eigenvalue weighted by molar-refractivity contribution is -0.144. The molecule has 0 saturated heterocycles. The zero-order valence-electron chi connectivity index (χ0n) is 8.98. The molecule has 0 spiro atoms. The molecular formula is C9H19N3O3. The number of rotatable bonds is 7. The number of carboxylic acids is 1. The fourth-order valence-corrected chi connectivity index (χ4v) is 1.20. The summed E-state index contributed by atoms with van der Waals surface area (Å²) in [5.74, 6) is -1.38. The zero-order chi connectivity index (χ0) is 11.8. The summed E-state index contributed by atoms with van der Waals surface area (Å²) in [6, 6.07) is -0.624. The molecule has 5 N–H and O–H groups in total. The van der Waals surface area contributed by atoms with Crippen molar-refractivity contribution in [1.82, 2.24) is 4.90 Å². The molecule has 0 radical (unpaired) electrons. The molecule has 0 saturated carbocycles. The number of carbonyl (C=O) groups excluding carboxylic acids is 1. The quantitative estimate of drug-likeness (QED) is 0.473. The van der Waals surface area contributed by atoms with Crippen LogP contribution in [-0.2, 0) is 9.59 Å². The van der Waals surface area contributed by atoms with Crippen molar-refractivity contribution in [3.8, 4) is 0 Å². The van der Waals surface area contributed by atoms with E-state index in [-0.39, 0.29) is 12.5 Å². The standard InChI is InChI=1S/C9H19N3O3/c1-12(6-8(13)14)9(15)7(11)4-2-3-5-10/h7H,2-6,10-11H2,1H3,(H,13,14). The van der Waals surface area contributed by atoms with Crippen LogP contribution in [0.3, 0.4) is 0 Å². The molecule has 1 amide bonds. The normalized spacial score (nSPS) is 12.2. The van der Waals surface area contributed by atoms with Crippen molar-refractivity contribution in [3.05, 3.63) is 0 Å². The molecule has 15 heavy (non-hydrogen) atoms. The average Bonchev–Trinajstić information content (AvgIpc) is 2.15. The maximum atomic E-state index is 11.5. The minimum atomic E-state index is -1.04. The van der Waals surface area contributed by atoms with E-state index in [4.69, 9.17) is 16.6 Å². The van der Waals surface area contributed by atoms with Gasteiger partial charge in [-0.1, -0.05) is 6.42 Å². The lowest BCUT2D eigenvalue weighted by atomic mass is 10.1. The van der Waals surface area contributed by atoms with Crippen LogP contribution >= 0.6 is 0 Å². The maximum Gasteiger partial charge on any atom is 0.323 e. The Morgan fingerprint density at radius 2 is 2.00 bits per heavy atom. The van der Waals surface area contributed by atoms with Crippen molar-refractivity contribution in [2.24, 2.45) is 11.5 Å². The molecule has 0 aliphatic rings. The van der Waals surface area contributed by atoms with E-state index < -0.39 is 12.0 Å². The largest absolute Gasteiger partial charge is 0.480 e. The minimum Gasteiger partial charge on any atom is -0.480 e. The Kier molecular flexibility index (Phi) is 6.64. The van der Waals surface area contributed by atoms with E-state index in [0.717, 1.165) is 17.7 Å². The molecule has 0 heterocycles. The third-order valence-electron chi connectivity index (χ3n) is 2.04. The third-order valence-corrected chi connectivity index (χ3v) is 2.04. The smallest absolute Gasteiger partial charge is 0.323 e. The van der Waals surface area contributed by atoms with Crippen LogP contribution in [0.15, 0.2) is 0 Å². The van der Waals surface area contributed by atoms with E-state index in [9.17, 15) is 9.59 Å². The predicted molar refractivity (Wildman–Crippen MR) is 56.2 cm³/mol. The second kappa shape index (κ2) is 7.19. The van der Waals surface area contributed by atoms with Crippen LogP contribution in [0.25, 0.3) is 0 Å². The molecule has 0 aromatic rings. The van der Waals surface area contributed by atoms with Crippen LogP contribution in [0.4, 0.5) is 0 Å². The van der Waals surface area contributed by atoms with E-state index in [1.54, 1.807) is 0 Å². The first-order valence-electron chi connectivity index (χ1n) is 4.91. The van der Waals surface area contributed by atoms with Gasteiger partial charge in [0.15, 0.2) is 0 Å². The van der Waals surface area contributed by atoms with Crippen molar-refractivity contribution in [2.75, 3.05) is 20.1 Å². The van der Waals surface area contributed by atoms with Crippen LogP contribution < -0.4 is 11.5 Å². The highest BCUT2D eigenvalue weighted by Crippen LogP contribution is 2.01. The maximum absolute atomic E-state index is 11.5. The van der Waals surface area contributed by atoms with Crippen molar-refractivity contribution in [3.63, 3.8) is 0 Å². The summed E-state index contributed by atoms with van der Waals surface area (Å²) in [5.41, 5.74) is 10.9. The van der Waals surface area contributed by atoms with E-state index in [1.165, 1.54) is 7.05 Å². The van der Waals surface area contributed by atoms with Gasteiger partial charge in [-0.3, -0.25) is 9.59 Å². The van der Waals surface area contributed by atoms with Crippen molar-refractivity contribution in [1.29, 1.82) is 0 Å². The van der Waals surface area contributed by atoms with Crippen LogP contribution in [-0.4, -0.2) is 48.1 Å². The Morgan fingerprint density at radius 3 is 2.47 bits per heavy atom. The number of hydrogen-bond donors (Lipinski definition) is 3. The molecule has 6 heteroatoms. The van der Waals surface area contributed by atoms with Gasteiger partial charge in [-0.2, -0.15) is 0 Å². The Bertz CT molecular complexity index is 221. The summed E-state index contributed by atoms with van der Waals surface area (Å²) in [4.78, 5) is 22.9. The molecule has 1 atom stereocenters. The molecule has 0 aliphatic heterocycles. The molecule has 88 valence electrons. The summed E-state index contributed by atoms with van der Waals surface area (Å²) in [5, 5.41) is 8.48. The summed E-state index contributed by atoms with van der Waals surface area (Å²) < 4.78 is 0. The highest BCUT2D eigenvalue weighted by Gasteiger charge is 2.18. The van der Waals surface area contributed by atoms with Gasteiger partial charge in [0.2, 0.25) is 5.91 Å². The fourth-order valence-electron chi connectivity index (χ4n) is 1.20. The first-order valence-corrected chi connectivity index (χ1v) is 4.91. The summed E-state index contributed by atoms with van der Waals surface area (Å²) in [6.07, 6.45) is 2.15. The van der Waals surface area contributed by atoms with Gasteiger partial charge in [0.1, 0.15) is 6.54 Å². The molecule has 0 bridgehead atoms. The fraction of sp³-hybridized carbons (Fsp3) is 0.778. The summed E-state index contributed by atoms with van der Waals surface area (Å²) in [6.45, 7) is 0.259.